The number of hydrogen-bond acceptors (Lipinski definition) is 6. The molecule has 6 rings (SSSR count). The van der Waals surface area contributed by atoms with Crippen molar-refractivity contribution in [1.82, 2.24) is 20.0 Å². The van der Waals surface area contributed by atoms with Crippen LogP contribution in [0.25, 0.3) is 5.69 Å². The molecule has 45 heavy (non-hydrogen) atoms. The van der Waals surface area contributed by atoms with Crippen molar-refractivity contribution in [3.63, 3.8) is 0 Å². The first kappa shape index (κ1) is 35.1. The molecule has 8 nitrogen and oxygen atoms in total. The molecule has 0 spiro atoms. The summed E-state index contributed by atoms with van der Waals surface area (Å²) in [6, 6.07) is 14.5. The lowest BCUT2D eigenvalue weighted by Crippen LogP contribution is -2.12. The fraction of sp³-hybridized carbons (Fsp3) is 0.471. The van der Waals surface area contributed by atoms with Crippen molar-refractivity contribution in [2.45, 2.75) is 86.8 Å². The van der Waals surface area contributed by atoms with Crippen LogP contribution in [0.5, 0.6) is 0 Å². The number of benzene rings is 2. The number of aromatic amines is 1. The SMILES string of the molecule is CS(=O)(=O)c1ccc(CC2CCCCC2)c(-n2cccn2)c1.CS(=O)(=O)c1ccc(CC2CCCCC2)c(Br)c1.c1cn[nH]c1. The summed E-state index contributed by atoms with van der Waals surface area (Å²) in [5.74, 6) is 1.46. The largest absolute Gasteiger partial charge is 0.286 e. The minimum absolute atomic E-state index is 0.352. The summed E-state index contributed by atoms with van der Waals surface area (Å²) >= 11 is 3.50. The fourth-order valence-electron chi connectivity index (χ4n) is 6.12. The summed E-state index contributed by atoms with van der Waals surface area (Å²) in [4.78, 5) is 0.743. The van der Waals surface area contributed by atoms with Crippen LogP contribution >= 0.6 is 15.9 Å². The van der Waals surface area contributed by atoms with E-state index in [1.54, 1.807) is 47.5 Å². The van der Waals surface area contributed by atoms with Gasteiger partial charge in [-0.2, -0.15) is 10.2 Å². The molecule has 1 N–H and O–H groups in total. The number of sulfone groups is 2. The summed E-state index contributed by atoms with van der Waals surface area (Å²) in [5.41, 5.74) is 3.30. The molecule has 2 saturated carbocycles. The standard InChI is InChI=1S/C17H22N2O2S.C14H19BrO2S.C3H4N2/c1-22(20,21)16-9-8-15(12-14-6-3-2-4-7-14)17(13-16)19-11-5-10-18-19;1-18(16,17)13-8-7-12(14(15)10-13)9-11-5-3-2-4-6-11;1-2-4-5-3-1/h5,8-11,13-14H,2-4,6-7,12H2,1H3;7-8,10-11H,2-6,9H2,1H3;1-3H,(H,4,5). The maximum atomic E-state index is 11.8. The van der Waals surface area contributed by atoms with E-state index in [0.717, 1.165) is 28.9 Å². The lowest BCUT2D eigenvalue weighted by Gasteiger charge is -2.23. The van der Waals surface area contributed by atoms with Crippen LogP contribution in [0.4, 0.5) is 0 Å². The van der Waals surface area contributed by atoms with E-state index in [1.165, 1.54) is 87.8 Å². The molecule has 11 heteroatoms. The Bertz CT molecular complexity index is 1660. The van der Waals surface area contributed by atoms with Crippen LogP contribution in [0.2, 0.25) is 0 Å². The maximum Gasteiger partial charge on any atom is 0.175 e. The maximum absolute atomic E-state index is 11.8. The van der Waals surface area contributed by atoms with Crippen LogP contribution in [0.15, 0.2) is 87.6 Å². The molecule has 2 aromatic carbocycles. The van der Waals surface area contributed by atoms with Crippen LogP contribution in [0, 0.1) is 11.8 Å². The van der Waals surface area contributed by atoms with E-state index in [0.29, 0.717) is 15.7 Å². The Morgan fingerprint density at radius 3 is 1.76 bits per heavy atom. The molecule has 2 heterocycles. The number of hydrogen-bond donors (Lipinski definition) is 1. The van der Waals surface area contributed by atoms with Crippen molar-refractivity contribution in [2.75, 3.05) is 12.5 Å². The first-order valence-corrected chi connectivity index (χ1v) is 20.3. The van der Waals surface area contributed by atoms with Crippen LogP contribution in [-0.2, 0) is 32.5 Å². The van der Waals surface area contributed by atoms with Gasteiger partial charge in [-0.05, 0) is 72.2 Å². The molecule has 2 aromatic heterocycles. The molecule has 0 amide bonds. The summed E-state index contributed by atoms with van der Waals surface area (Å²) < 4.78 is 49.3. The second kappa shape index (κ2) is 16.7. The summed E-state index contributed by atoms with van der Waals surface area (Å²) in [7, 11) is -6.31. The van der Waals surface area contributed by atoms with E-state index in [-0.39, 0.29) is 0 Å². The molecular formula is C34H45BrN4O4S2. The number of rotatable bonds is 7. The van der Waals surface area contributed by atoms with Crippen molar-refractivity contribution >= 4 is 35.6 Å². The highest BCUT2D eigenvalue weighted by Gasteiger charge is 2.19. The highest BCUT2D eigenvalue weighted by atomic mass is 79.9. The average Bonchev–Trinajstić information content (AvgIpc) is 3.77. The van der Waals surface area contributed by atoms with Gasteiger partial charge in [0.1, 0.15) is 0 Å². The van der Waals surface area contributed by atoms with Crippen LogP contribution in [0.1, 0.15) is 75.3 Å². The van der Waals surface area contributed by atoms with Crippen molar-refractivity contribution in [1.29, 1.82) is 0 Å². The molecule has 0 saturated heterocycles. The van der Waals surface area contributed by atoms with E-state index in [4.69, 9.17) is 0 Å². The van der Waals surface area contributed by atoms with Gasteiger partial charge in [0.15, 0.2) is 19.7 Å². The van der Waals surface area contributed by atoms with Gasteiger partial charge in [-0.3, -0.25) is 5.10 Å². The smallest absolute Gasteiger partial charge is 0.175 e. The van der Waals surface area contributed by atoms with E-state index >= 15 is 0 Å². The third-order valence-corrected chi connectivity index (χ3v) is 11.5. The van der Waals surface area contributed by atoms with Gasteiger partial charge in [0.2, 0.25) is 0 Å². The Kier molecular flexibility index (Phi) is 13.0. The molecule has 2 aliphatic rings. The first-order valence-electron chi connectivity index (χ1n) is 15.8. The van der Waals surface area contributed by atoms with E-state index < -0.39 is 19.7 Å². The zero-order chi connectivity index (χ0) is 32.3. The molecular weight excluding hydrogens is 672 g/mol. The van der Waals surface area contributed by atoms with Gasteiger partial charge in [-0.25, -0.2) is 21.5 Å². The lowest BCUT2D eigenvalue weighted by atomic mass is 9.84. The zero-order valence-electron chi connectivity index (χ0n) is 26.2. The van der Waals surface area contributed by atoms with Crippen molar-refractivity contribution in [3.8, 4) is 5.69 Å². The Morgan fingerprint density at radius 1 is 0.756 bits per heavy atom. The van der Waals surface area contributed by atoms with Gasteiger partial charge in [0.25, 0.3) is 0 Å². The molecule has 0 radical (unpaired) electrons. The second-order valence-corrected chi connectivity index (χ2v) is 17.1. The Balaban J connectivity index is 0.000000180. The molecule has 0 aliphatic heterocycles. The molecule has 0 atom stereocenters. The Hall–Kier alpha value is -2.76. The van der Waals surface area contributed by atoms with E-state index in [1.807, 2.05) is 30.5 Å². The number of H-pyrrole nitrogens is 1. The minimum atomic E-state index is -3.21. The van der Waals surface area contributed by atoms with E-state index in [9.17, 15) is 16.8 Å². The predicted molar refractivity (Wildman–Crippen MR) is 183 cm³/mol. The third-order valence-electron chi connectivity index (χ3n) is 8.56. The monoisotopic (exact) mass is 716 g/mol. The Morgan fingerprint density at radius 2 is 1.31 bits per heavy atom. The second-order valence-electron chi connectivity index (χ2n) is 12.2. The number of nitrogens with zero attached hydrogens (tertiary/aromatic N) is 3. The van der Waals surface area contributed by atoms with Gasteiger partial charge in [-0.15, -0.1) is 0 Å². The quantitative estimate of drug-likeness (QED) is 0.209. The van der Waals surface area contributed by atoms with Crippen molar-refractivity contribution in [2.24, 2.45) is 11.8 Å². The lowest BCUT2D eigenvalue weighted by molar-refractivity contribution is 0.356. The van der Waals surface area contributed by atoms with Gasteiger partial charge in [0, 0.05) is 41.8 Å². The average molecular weight is 718 g/mol. The minimum Gasteiger partial charge on any atom is -0.286 e. The fourth-order valence-corrected chi connectivity index (χ4v) is 8.10. The van der Waals surface area contributed by atoms with Crippen LogP contribution in [-0.4, -0.2) is 49.3 Å². The normalized spacial score (nSPS) is 16.2. The van der Waals surface area contributed by atoms with Crippen molar-refractivity contribution < 1.29 is 16.8 Å². The Labute approximate surface area is 277 Å². The molecule has 2 aliphatic carbocycles. The molecule has 0 bridgehead atoms. The van der Waals surface area contributed by atoms with Crippen LogP contribution < -0.4 is 0 Å². The van der Waals surface area contributed by atoms with Gasteiger partial charge in [0.05, 0.1) is 15.5 Å². The highest BCUT2D eigenvalue weighted by molar-refractivity contribution is 9.10. The highest BCUT2D eigenvalue weighted by Crippen LogP contribution is 2.31. The summed E-state index contributed by atoms with van der Waals surface area (Å²) in [6.07, 6.45) is 24.7. The van der Waals surface area contributed by atoms with Gasteiger partial charge < -0.3 is 0 Å². The third kappa shape index (κ3) is 11.2. The van der Waals surface area contributed by atoms with Gasteiger partial charge in [-0.1, -0.05) is 92.3 Å². The summed E-state index contributed by atoms with van der Waals surface area (Å²) in [5, 5.41) is 10.5. The molecule has 2 fully saturated rings. The molecule has 4 aromatic rings. The number of nitrogens with one attached hydrogen (secondary N) is 1. The van der Waals surface area contributed by atoms with Crippen LogP contribution in [0.3, 0.4) is 0 Å². The number of aromatic nitrogens is 4. The molecule has 0 unspecified atom stereocenters. The van der Waals surface area contributed by atoms with Crippen molar-refractivity contribution in [3.05, 3.63) is 88.9 Å². The summed E-state index contributed by atoms with van der Waals surface area (Å²) in [6.45, 7) is 0. The first-order chi connectivity index (χ1) is 21.5. The predicted octanol–water partition coefficient (Wildman–Crippen LogP) is 7.78. The zero-order valence-corrected chi connectivity index (χ0v) is 29.5. The molecule has 244 valence electrons. The van der Waals surface area contributed by atoms with E-state index in [2.05, 4.69) is 31.2 Å². The topological polar surface area (TPSA) is 115 Å². The number of halogens is 1. The van der Waals surface area contributed by atoms with Gasteiger partial charge >= 0.3 is 0 Å².